The monoisotopic (exact) mass is 529 g/mol. The van der Waals surface area contributed by atoms with Crippen molar-refractivity contribution in [2.24, 2.45) is 0 Å². The van der Waals surface area contributed by atoms with Gasteiger partial charge in [0, 0.05) is 16.9 Å². The van der Waals surface area contributed by atoms with E-state index < -0.39 is 29.5 Å². The topological polar surface area (TPSA) is 87.7 Å². The Morgan fingerprint density at radius 2 is 1.65 bits per heavy atom. The Balaban J connectivity index is 1.55. The van der Waals surface area contributed by atoms with Crippen molar-refractivity contribution < 1.29 is 32.3 Å². The molecule has 0 saturated heterocycles. The van der Waals surface area contributed by atoms with Crippen molar-refractivity contribution in [1.29, 1.82) is 0 Å². The summed E-state index contributed by atoms with van der Waals surface area (Å²) in [5.74, 6) is -1.86. The van der Waals surface area contributed by atoms with Crippen molar-refractivity contribution >= 4 is 46.4 Å². The largest absolute Gasteiger partial charge is 0.495 e. The van der Waals surface area contributed by atoms with Gasteiger partial charge in [0.05, 0.1) is 18.4 Å². The zero-order valence-electron chi connectivity index (χ0n) is 19.4. The number of hydrogen-bond donors (Lipinski definition) is 2. The molecular weight excluding hydrogens is 511 g/mol. The van der Waals surface area contributed by atoms with Crippen LogP contribution < -0.4 is 20.3 Å². The van der Waals surface area contributed by atoms with Crippen molar-refractivity contribution in [2.75, 3.05) is 22.6 Å². The van der Waals surface area contributed by atoms with Gasteiger partial charge < -0.3 is 15.4 Å². The first-order valence-electron chi connectivity index (χ1n) is 10.8. The highest BCUT2D eigenvalue weighted by Gasteiger charge is 2.40. The maximum absolute atomic E-state index is 13.2. The molecule has 1 aliphatic heterocycles. The molecule has 190 valence electrons. The Bertz CT molecular complexity index is 1450. The van der Waals surface area contributed by atoms with Gasteiger partial charge in [-0.3, -0.25) is 14.4 Å². The summed E-state index contributed by atoms with van der Waals surface area (Å²) < 4.78 is 44.2. The predicted molar refractivity (Wildman–Crippen MR) is 133 cm³/mol. The molecule has 4 rings (SSSR count). The predicted octanol–water partition coefficient (Wildman–Crippen LogP) is 5.71. The molecule has 0 spiro atoms. The van der Waals surface area contributed by atoms with Gasteiger partial charge in [0.25, 0.3) is 17.7 Å². The van der Waals surface area contributed by atoms with Gasteiger partial charge in [0.15, 0.2) is 0 Å². The van der Waals surface area contributed by atoms with Gasteiger partial charge in [0.2, 0.25) is 0 Å². The van der Waals surface area contributed by atoms with Crippen molar-refractivity contribution in [2.45, 2.75) is 13.1 Å². The van der Waals surface area contributed by atoms with Gasteiger partial charge in [0.1, 0.15) is 16.5 Å². The number of imide groups is 1. The first-order valence-corrected chi connectivity index (χ1v) is 11.2. The molecular formula is C26H19ClF3N3O4. The molecule has 0 unspecified atom stereocenters. The zero-order valence-corrected chi connectivity index (χ0v) is 20.2. The molecule has 3 amide bonds. The molecule has 7 nitrogen and oxygen atoms in total. The van der Waals surface area contributed by atoms with Crippen LogP contribution in [0.2, 0.25) is 0 Å². The molecule has 0 radical (unpaired) electrons. The zero-order chi connectivity index (χ0) is 26.9. The van der Waals surface area contributed by atoms with Crippen molar-refractivity contribution in [3.05, 3.63) is 94.1 Å². The quantitative estimate of drug-likeness (QED) is 0.399. The number of anilines is 3. The average molecular weight is 530 g/mol. The van der Waals surface area contributed by atoms with E-state index in [0.29, 0.717) is 5.75 Å². The lowest BCUT2D eigenvalue weighted by atomic mass is 10.1. The van der Waals surface area contributed by atoms with Crippen LogP contribution in [0.15, 0.2) is 77.5 Å². The molecule has 11 heteroatoms. The number of halogens is 4. The molecule has 1 aliphatic rings. The van der Waals surface area contributed by atoms with E-state index in [2.05, 4.69) is 10.6 Å². The third kappa shape index (κ3) is 5.29. The summed E-state index contributed by atoms with van der Waals surface area (Å²) in [4.78, 5) is 39.6. The fraction of sp³-hybridized carbons (Fsp3) is 0.115. The minimum Gasteiger partial charge on any atom is -0.495 e. The number of methoxy groups -OCH3 is 1. The third-order valence-electron chi connectivity index (χ3n) is 5.44. The maximum atomic E-state index is 13.2. The van der Waals surface area contributed by atoms with Crippen LogP contribution in [-0.4, -0.2) is 24.8 Å². The Hall–Kier alpha value is -4.31. The standard InChI is InChI=1S/C26H19ClF3N3O4/c1-14-9-10-20(37-2)19(11-14)33-24(35)21(27)22(25(33)36)31-17-7-3-5-15(12-17)23(34)32-18-8-4-6-16(13-18)26(28,29)30/h3-13,31H,1-2H3,(H,32,34). The van der Waals surface area contributed by atoms with Crippen LogP contribution in [0.25, 0.3) is 0 Å². The number of carbonyl (C=O) groups is 3. The van der Waals surface area contributed by atoms with Crippen molar-refractivity contribution in [3.8, 4) is 5.75 Å². The van der Waals surface area contributed by atoms with Gasteiger partial charge in [-0.1, -0.05) is 29.8 Å². The molecule has 2 N–H and O–H groups in total. The molecule has 3 aromatic rings. The Morgan fingerprint density at radius 1 is 0.946 bits per heavy atom. The second-order valence-electron chi connectivity index (χ2n) is 8.05. The lowest BCUT2D eigenvalue weighted by Crippen LogP contribution is -2.32. The highest BCUT2D eigenvalue weighted by molar-refractivity contribution is 6.53. The summed E-state index contributed by atoms with van der Waals surface area (Å²) in [6.07, 6.45) is -4.56. The normalized spacial score (nSPS) is 13.7. The summed E-state index contributed by atoms with van der Waals surface area (Å²) in [6.45, 7) is 1.79. The summed E-state index contributed by atoms with van der Waals surface area (Å²) in [6, 6.07) is 15.1. The molecule has 3 aromatic carbocycles. The second-order valence-corrected chi connectivity index (χ2v) is 8.43. The van der Waals surface area contributed by atoms with E-state index in [1.54, 1.807) is 25.1 Å². The average Bonchev–Trinajstić information content (AvgIpc) is 3.06. The Labute approximate surface area is 214 Å². The molecule has 0 aromatic heterocycles. The number of aryl methyl sites for hydroxylation is 1. The van der Waals surface area contributed by atoms with E-state index in [0.717, 1.165) is 22.6 Å². The number of carbonyl (C=O) groups excluding carboxylic acids is 3. The molecule has 1 heterocycles. The molecule has 37 heavy (non-hydrogen) atoms. The summed E-state index contributed by atoms with van der Waals surface area (Å²) in [7, 11) is 1.41. The minimum absolute atomic E-state index is 0.0387. The van der Waals surface area contributed by atoms with Crippen LogP contribution in [-0.2, 0) is 15.8 Å². The molecule has 0 atom stereocenters. The van der Waals surface area contributed by atoms with Gasteiger partial charge in [-0.05, 0) is 61.0 Å². The number of rotatable bonds is 6. The number of hydrogen-bond acceptors (Lipinski definition) is 5. The second kappa shape index (κ2) is 9.98. The number of alkyl halides is 3. The highest BCUT2D eigenvalue weighted by Crippen LogP contribution is 2.36. The van der Waals surface area contributed by atoms with E-state index in [1.165, 1.54) is 43.5 Å². The van der Waals surface area contributed by atoms with Crippen molar-refractivity contribution in [1.82, 2.24) is 0 Å². The van der Waals surface area contributed by atoms with E-state index in [9.17, 15) is 27.6 Å². The van der Waals surface area contributed by atoms with Crippen LogP contribution >= 0.6 is 11.6 Å². The summed E-state index contributed by atoms with van der Waals surface area (Å²) in [5.41, 5.74) is 0.211. The van der Waals surface area contributed by atoms with Crippen LogP contribution in [0.4, 0.5) is 30.2 Å². The maximum Gasteiger partial charge on any atom is 0.416 e. The van der Waals surface area contributed by atoms with Gasteiger partial charge >= 0.3 is 6.18 Å². The highest BCUT2D eigenvalue weighted by atomic mass is 35.5. The minimum atomic E-state index is -4.56. The molecule has 0 saturated carbocycles. The van der Waals surface area contributed by atoms with Crippen LogP contribution in [0, 0.1) is 6.92 Å². The number of amides is 3. The molecule has 0 fully saturated rings. The fourth-order valence-electron chi connectivity index (χ4n) is 3.66. The Morgan fingerprint density at radius 3 is 2.35 bits per heavy atom. The number of benzene rings is 3. The van der Waals surface area contributed by atoms with E-state index >= 15 is 0 Å². The van der Waals surface area contributed by atoms with E-state index in [4.69, 9.17) is 16.3 Å². The van der Waals surface area contributed by atoms with Gasteiger partial charge in [-0.25, -0.2) is 4.90 Å². The van der Waals surface area contributed by atoms with E-state index in [1.807, 2.05) is 0 Å². The van der Waals surface area contributed by atoms with Gasteiger partial charge in [-0.15, -0.1) is 0 Å². The Kier molecular flexibility index (Phi) is 6.95. The first-order chi connectivity index (χ1) is 17.5. The smallest absolute Gasteiger partial charge is 0.416 e. The van der Waals surface area contributed by atoms with Gasteiger partial charge in [-0.2, -0.15) is 13.2 Å². The number of ether oxygens (including phenoxy) is 1. The SMILES string of the molecule is COc1ccc(C)cc1N1C(=O)C(Cl)=C(Nc2cccc(C(=O)Nc3cccc(C(F)(F)F)c3)c2)C1=O. The first kappa shape index (κ1) is 25.8. The molecule has 0 aliphatic carbocycles. The third-order valence-corrected chi connectivity index (χ3v) is 5.80. The fourth-order valence-corrected chi connectivity index (χ4v) is 3.88. The van der Waals surface area contributed by atoms with E-state index in [-0.39, 0.29) is 33.4 Å². The van der Waals surface area contributed by atoms with Crippen LogP contribution in [0.5, 0.6) is 5.75 Å². The van der Waals surface area contributed by atoms with Crippen molar-refractivity contribution in [3.63, 3.8) is 0 Å². The summed E-state index contributed by atoms with van der Waals surface area (Å²) in [5, 5.41) is 4.84. The lowest BCUT2D eigenvalue weighted by Gasteiger charge is -2.18. The van der Waals surface area contributed by atoms with Crippen LogP contribution in [0.1, 0.15) is 21.5 Å². The summed E-state index contributed by atoms with van der Waals surface area (Å²) >= 11 is 6.21. The lowest BCUT2D eigenvalue weighted by molar-refractivity contribution is -0.137. The molecule has 0 bridgehead atoms. The number of nitrogens with one attached hydrogen (secondary N) is 2. The van der Waals surface area contributed by atoms with Crippen LogP contribution in [0.3, 0.4) is 0 Å². The number of nitrogens with zero attached hydrogens (tertiary/aromatic N) is 1.